The smallest absolute Gasteiger partial charge is 0.485 e. The van der Waals surface area contributed by atoms with Crippen LogP contribution in [0.5, 0.6) is 0 Å². The first-order valence-electron chi connectivity index (χ1n) is 7.27. The van der Waals surface area contributed by atoms with Crippen molar-refractivity contribution in [3.05, 3.63) is 0 Å². The Kier molecular flexibility index (Phi) is 8.49. The van der Waals surface area contributed by atoms with E-state index in [4.69, 9.17) is 22.1 Å². The van der Waals surface area contributed by atoms with Crippen LogP contribution in [0.4, 0.5) is 0 Å². The molecule has 0 atom stereocenters. The van der Waals surface area contributed by atoms with Crippen molar-refractivity contribution in [2.45, 2.75) is 53.3 Å². The molecule has 0 saturated carbocycles. The van der Waals surface area contributed by atoms with Gasteiger partial charge in [-0.25, -0.2) is 0 Å². The first-order valence-corrected chi connectivity index (χ1v) is 11.7. The summed E-state index contributed by atoms with van der Waals surface area (Å²) < 4.78 is 25.3. The van der Waals surface area contributed by atoms with Crippen LogP contribution in [-0.2, 0) is 46.1 Å². The van der Waals surface area contributed by atoms with E-state index in [0.29, 0.717) is 0 Å². The summed E-state index contributed by atoms with van der Waals surface area (Å²) in [4.78, 5) is 56.7. The highest BCUT2D eigenvalue weighted by atomic mass is 28.4. The summed E-state index contributed by atoms with van der Waals surface area (Å²) in [6.45, 7) is 6.90. The maximum Gasteiger partial charge on any atom is 0.705 e. The summed E-state index contributed by atoms with van der Waals surface area (Å²) in [6, 6.07) is -0.360. The molecule has 0 radical (unpaired) electrons. The molecule has 0 aromatic carbocycles. The molecule has 0 aromatic heterocycles. The van der Waals surface area contributed by atoms with Crippen molar-refractivity contribution in [3.8, 4) is 0 Å². The van der Waals surface area contributed by atoms with Gasteiger partial charge in [0.25, 0.3) is 29.8 Å². The molecule has 10 nitrogen and oxygen atoms in total. The van der Waals surface area contributed by atoms with Gasteiger partial charge in [0.2, 0.25) is 0 Å². The molecule has 0 aliphatic heterocycles. The Balaban J connectivity index is 5.58. The van der Waals surface area contributed by atoms with Crippen molar-refractivity contribution in [2.24, 2.45) is 0 Å². The number of hydrogen-bond acceptors (Lipinski definition) is 10. The molecule has 0 N–H and O–H groups in total. The van der Waals surface area contributed by atoms with Crippen LogP contribution in [-0.4, -0.2) is 47.2 Å². The van der Waals surface area contributed by atoms with E-state index in [2.05, 4.69) is 0 Å². The van der Waals surface area contributed by atoms with Gasteiger partial charge in [0.05, 0.1) is 6.04 Å². The van der Waals surface area contributed by atoms with E-state index in [-0.39, 0.29) is 12.1 Å². The minimum atomic E-state index is -4.09. The van der Waals surface area contributed by atoms with Crippen molar-refractivity contribution in [1.82, 2.24) is 0 Å². The molecule has 0 aromatic rings. The fraction of sp³-hybridized carbons (Fsp3) is 0.615. The minimum Gasteiger partial charge on any atom is -0.485 e. The molecule has 25 heavy (non-hydrogen) atoms. The number of rotatable bonds is 8. The van der Waals surface area contributed by atoms with Gasteiger partial charge in [-0.15, -0.1) is 0 Å². The van der Waals surface area contributed by atoms with Crippen LogP contribution in [0.3, 0.4) is 0 Å². The summed E-state index contributed by atoms with van der Waals surface area (Å²) in [5.74, 6) is -3.81. The fourth-order valence-electron chi connectivity index (χ4n) is 1.98. The Morgan fingerprint density at radius 2 is 0.840 bits per heavy atom. The highest BCUT2D eigenvalue weighted by Crippen LogP contribution is 2.26. The molecule has 0 fully saturated rings. The van der Waals surface area contributed by atoms with Gasteiger partial charge in [0.1, 0.15) is 0 Å². The molecule has 0 heterocycles. The Hall–Kier alpha value is -2.22. The molecule has 0 aliphatic rings. The molecular weight excluding hydrogens is 372 g/mol. The predicted molar refractivity (Wildman–Crippen MR) is 85.8 cm³/mol. The average molecular weight is 394 g/mol. The van der Waals surface area contributed by atoms with Gasteiger partial charge >= 0.3 is 17.4 Å². The third kappa shape index (κ3) is 9.61. The van der Waals surface area contributed by atoms with Crippen LogP contribution in [0.15, 0.2) is 0 Å². The maximum absolute atomic E-state index is 11.4. The Morgan fingerprint density at radius 3 is 1.08 bits per heavy atom. The normalized spacial score (nSPS) is 11.1. The van der Waals surface area contributed by atoms with E-state index in [1.807, 2.05) is 0 Å². The predicted octanol–water partition coefficient (Wildman–Crippen LogP) is 0.813. The lowest BCUT2D eigenvalue weighted by Gasteiger charge is -2.30. The van der Waals surface area contributed by atoms with Gasteiger partial charge in [-0.2, -0.15) is 0 Å². The van der Waals surface area contributed by atoms with Crippen LogP contribution in [0.1, 0.15) is 34.6 Å². The van der Waals surface area contributed by atoms with Gasteiger partial charge in [-0.05, 0) is 0 Å². The van der Waals surface area contributed by atoms with Crippen LogP contribution in [0.25, 0.3) is 0 Å². The molecule has 12 heteroatoms. The summed E-state index contributed by atoms with van der Waals surface area (Å²) in [7, 11) is -7.47. The van der Waals surface area contributed by atoms with Gasteiger partial charge in [0, 0.05) is 47.2 Å². The quantitative estimate of drug-likeness (QED) is 0.545. The van der Waals surface area contributed by atoms with Gasteiger partial charge < -0.3 is 22.1 Å². The van der Waals surface area contributed by atoms with Crippen LogP contribution >= 0.6 is 0 Å². The van der Waals surface area contributed by atoms with Crippen molar-refractivity contribution in [2.75, 3.05) is 0 Å². The first kappa shape index (κ1) is 22.8. The van der Waals surface area contributed by atoms with E-state index >= 15 is 0 Å². The summed E-state index contributed by atoms with van der Waals surface area (Å²) in [5.41, 5.74) is 0. The number of carbonyl (C=O) groups excluding carboxylic acids is 5. The average Bonchev–Trinajstić information content (AvgIpc) is 2.31. The van der Waals surface area contributed by atoms with E-state index in [0.717, 1.165) is 34.6 Å². The second-order valence-corrected chi connectivity index (χ2v) is 10.9. The standard InChI is InChI=1S/C13H22O10Si2/c1-9(14)19-24(6,20-10(2)15)7-8-25(21-11(3)16,22-12(4)17)23-13(5)18/h7-8H2,1-6H3. The molecule has 0 rings (SSSR count). The molecule has 0 spiro atoms. The molecule has 0 saturated heterocycles. The molecule has 0 aliphatic carbocycles. The number of carbonyl (C=O) groups is 5. The lowest BCUT2D eigenvalue weighted by Crippen LogP contribution is -2.52. The van der Waals surface area contributed by atoms with Gasteiger partial charge in [-0.3, -0.25) is 24.0 Å². The Bertz CT molecular complexity index is 502. The lowest BCUT2D eigenvalue weighted by molar-refractivity contribution is -0.148. The van der Waals surface area contributed by atoms with E-state index in [1.165, 1.54) is 6.55 Å². The largest absolute Gasteiger partial charge is 0.705 e. The van der Waals surface area contributed by atoms with E-state index in [9.17, 15) is 24.0 Å². The van der Waals surface area contributed by atoms with Crippen molar-refractivity contribution in [3.63, 3.8) is 0 Å². The maximum atomic E-state index is 11.4. The van der Waals surface area contributed by atoms with Crippen LogP contribution in [0, 0.1) is 0 Å². The summed E-state index contributed by atoms with van der Waals surface area (Å²) >= 11 is 0. The lowest BCUT2D eigenvalue weighted by atomic mass is 10.8. The van der Waals surface area contributed by atoms with Gasteiger partial charge in [0.15, 0.2) is 0 Å². The first-order chi connectivity index (χ1) is 11.3. The van der Waals surface area contributed by atoms with Crippen LogP contribution < -0.4 is 0 Å². The zero-order chi connectivity index (χ0) is 19.8. The molecule has 0 amide bonds. The zero-order valence-electron chi connectivity index (χ0n) is 15.0. The van der Waals surface area contributed by atoms with Crippen molar-refractivity contribution in [1.29, 1.82) is 0 Å². The van der Waals surface area contributed by atoms with Crippen molar-refractivity contribution < 1.29 is 46.1 Å². The minimum absolute atomic E-state index is 0.105. The topological polar surface area (TPSA) is 132 Å². The summed E-state index contributed by atoms with van der Waals surface area (Å²) in [6.07, 6.45) is 0. The van der Waals surface area contributed by atoms with Crippen molar-refractivity contribution >= 4 is 47.2 Å². The monoisotopic (exact) mass is 394 g/mol. The zero-order valence-corrected chi connectivity index (χ0v) is 17.0. The molecule has 142 valence electrons. The molecule has 0 bridgehead atoms. The van der Waals surface area contributed by atoms with E-state index in [1.54, 1.807) is 0 Å². The Labute approximate surface area is 147 Å². The summed E-state index contributed by atoms with van der Waals surface area (Å²) in [5, 5.41) is 0. The molecular formula is C13H22O10Si2. The second kappa shape index (κ2) is 9.31. The fourth-order valence-corrected chi connectivity index (χ4v) is 8.23. The SMILES string of the molecule is CC(=O)O[Si](C)(CC[Si](OC(C)=O)(OC(C)=O)OC(C)=O)OC(C)=O. The Morgan fingerprint density at radius 1 is 0.560 bits per heavy atom. The highest BCUT2D eigenvalue weighted by Gasteiger charge is 2.55. The second-order valence-electron chi connectivity index (χ2n) is 5.29. The third-order valence-corrected chi connectivity index (χ3v) is 8.26. The number of hydrogen-bond donors (Lipinski definition) is 0. The van der Waals surface area contributed by atoms with Crippen LogP contribution in [0.2, 0.25) is 18.6 Å². The molecule has 0 unspecified atom stereocenters. The third-order valence-electron chi connectivity index (χ3n) is 2.50. The van der Waals surface area contributed by atoms with Gasteiger partial charge in [-0.1, -0.05) is 0 Å². The highest BCUT2D eigenvalue weighted by molar-refractivity contribution is 6.73. The van der Waals surface area contributed by atoms with E-state index < -0.39 is 47.2 Å².